The summed E-state index contributed by atoms with van der Waals surface area (Å²) in [5, 5.41) is 9.88. The summed E-state index contributed by atoms with van der Waals surface area (Å²) in [7, 11) is 0. The number of amides is 1. The molecule has 140 valence electrons. The molecule has 3 N–H and O–H groups in total. The maximum Gasteiger partial charge on any atom is 0.381 e. The van der Waals surface area contributed by atoms with Crippen LogP contribution in [0.4, 0.5) is 0 Å². The second-order valence-electron chi connectivity index (χ2n) is 7.01. The molecule has 4 heterocycles. The molecule has 1 fully saturated rings. The van der Waals surface area contributed by atoms with Crippen molar-refractivity contribution in [2.45, 2.75) is 18.9 Å². The van der Waals surface area contributed by atoms with Crippen LogP contribution in [0.1, 0.15) is 28.2 Å². The molecule has 6 nitrogen and oxygen atoms in total. The number of nitrogens with zero attached hydrogens (tertiary/aromatic N) is 2. The number of rotatable bonds is 4. The van der Waals surface area contributed by atoms with Gasteiger partial charge in [-0.1, -0.05) is 18.2 Å². The van der Waals surface area contributed by atoms with Crippen LogP contribution in [-0.2, 0) is 0 Å². The second-order valence-corrected chi connectivity index (χ2v) is 7.87. The van der Waals surface area contributed by atoms with Gasteiger partial charge in [0.2, 0.25) is 5.71 Å². The number of carbonyl (C=O) groups excluding carboxylic acids is 1. The van der Waals surface area contributed by atoms with E-state index in [0.29, 0.717) is 5.01 Å². The van der Waals surface area contributed by atoms with Gasteiger partial charge in [-0.25, -0.2) is 14.6 Å². The Balaban J connectivity index is 1.39. The molecule has 0 saturated carbocycles. The van der Waals surface area contributed by atoms with Gasteiger partial charge < -0.3 is 10.6 Å². The summed E-state index contributed by atoms with van der Waals surface area (Å²) in [6, 6.07) is 10.3. The summed E-state index contributed by atoms with van der Waals surface area (Å²) < 4.78 is 4.68. The maximum absolute atomic E-state index is 12.5. The van der Waals surface area contributed by atoms with E-state index < -0.39 is 0 Å². The molecule has 0 atom stereocenters. The van der Waals surface area contributed by atoms with E-state index in [1.54, 1.807) is 0 Å². The molecule has 1 aromatic carbocycles. The molecule has 2 aromatic heterocycles. The number of aromatic nitrogens is 2. The number of fused-ring (bicyclic) bond motifs is 1. The van der Waals surface area contributed by atoms with Gasteiger partial charge in [0.15, 0.2) is 5.01 Å². The number of aromatic amines is 1. The molecule has 3 aromatic rings. The molecule has 2 aliphatic rings. The van der Waals surface area contributed by atoms with Crippen LogP contribution in [0.3, 0.4) is 0 Å². The summed E-state index contributed by atoms with van der Waals surface area (Å²) in [4.78, 5) is 20.4. The van der Waals surface area contributed by atoms with Crippen LogP contribution in [0.15, 0.2) is 41.9 Å². The van der Waals surface area contributed by atoms with E-state index in [1.165, 1.54) is 11.3 Å². The third-order valence-corrected chi connectivity index (χ3v) is 5.97. The van der Waals surface area contributed by atoms with Crippen LogP contribution in [0, 0.1) is 0 Å². The first kappa shape index (κ1) is 17.1. The van der Waals surface area contributed by atoms with E-state index in [4.69, 9.17) is 0 Å². The number of benzene rings is 1. The van der Waals surface area contributed by atoms with E-state index in [-0.39, 0.29) is 11.9 Å². The van der Waals surface area contributed by atoms with Crippen LogP contribution in [-0.4, -0.2) is 40.7 Å². The molecule has 0 spiro atoms. The van der Waals surface area contributed by atoms with Crippen molar-refractivity contribution >= 4 is 29.0 Å². The fourth-order valence-electron chi connectivity index (χ4n) is 3.64. The van der Waals surface area contributed by atoms with Crippen molar-refractivity contribution in [3.63, 3.8) is 0 Å². The Morgan fingerprint density at radius 2 is 2.04 bits per heavy atom. The quantitative estimate of drug-likeness (QED) is 0.570. The zero-order chi connectivity index (χ0) is 18.9. The number of hydrogen-bond acceptors (Lipinski definition) is 4. The number of hydrogen-bond donors (Lipinski definition) is 3. The molecule has 0 bridgehead atoms. The molecule has 1 amide bonds. The van der Waals surface area contributed by atoms with Crippen molar-refractivity contribution in [1.82, 2.24) is 25.3 Å². The van der Waals surface area contributed by atoms with Crippen molar-refractivity contribution in [3.05, 3.63) is 63.2 Å². The highest BCUT2D eigenvalue weighted by Crippen LogP contribution is 2.19. The van der Waals surface area contributed by atoms with Gasteiger partial charge in [-0.2, -0.15) is 0 Å². The van der Waals surface area contributed by atoms with Crippen molar-refractivity contribution in [2.75, 3.05) is 13.1 Å². The molecule has 0 unspecified atom stereocenters. The number of thiazole rings is 1. The lowest BCUT2D eigenvalue weighted by atomic mass is 10.1. The second kappa shape index (κ2) is 7.20. The Morgan fingerprint density at radius 3 is 2.86 bits per heavy atom. The van der Waals surface area contributed by atoms with Gasteiger partial charge in [-0.15, -0.1) is 11.3 Å². The summed E-state index contributed by atoms with van der Waals surface area (Å²) >= 11 is 1.38. The minimum atomic E-state index is -0.0828. The van der Waals surface area contributed by atoms with E-state index in [9.17, 15) is 4.79 Å². The SMILES string of the molecule is O=C(NC1CCNCC1)c1nc(-c2c[nH]c3c2=CC(c2ccccc2)=[N+]=3)cs1. The van der Waals surface area contributed by atoms with Gasteiger partial charge in [0, 0.05) is 23.1 Å². The lowest BCUT2D eigenvalue weighted by molar-refractivity contribution is 0.0929. The molecule has 7 heteroatoms. The summed E-state index contributed by atoms with van der Waals surface area (Å²) in [5.74, 6) is -0.0828. The first-order valence-electron chi connectivity index (χ1n) is 9.45. The summed E-state index contributed by atoms with van der Waals surface area (Å²) in [6.45, 7) is 1.90. The Kier molecular flexibility index (Phi) is 4.41. The van der Waals surface area contributed by atoms with Crippen molar-refractivity contribution < 1.29 is 4.79 Å². The van der Waals surface area contributed by atoms with E-state index >= 15 is 0 Å². The molecular weight excluding hydrogens is 370 g/mol. The molecule has 2 aliphatic heterocycles. The first-order chi connectivity index (χ1) is 13.8. The largest absolute Gasteiger partial charge is 0.381 e. The first-order valence-corrected chi connectivity index (χ1v) is 10.3. The van der Waals surface area contributed by atoms with Gasteiger partial charge in [0.1, 0.15) is 5.22 Å². The number of H-pyrrole nitrogens is 1. The highest BCUT2D eigenvalue weighted by molar-refractivity contribution is 7.12. The summed E-state index contributed by atoms with van der Waals surface area (Å²) in [6.07, 6.45) is 5.91. The van der Waals surface area contributed by atoms with Crippen molar-refractivity contribution in [1.29, 1.82) is 0 Å². The third-order valence-electron chi connectivity index (χ3n) is 5.13. The van der Waals surface area contributed by atoms with Crippen LogP contribution in [0.2, 0.25) is 0 Å². The van der Waals surface area contributed by atoms with Crippen LogP contribution in [0.5, 0.6) is 0 Å². The van der Waals surface area contributed by atoms with Gasteiger partial charge in [-0.05, 0) is 38.1 Å². The maximum atomic E-state index is 12.5. The van der Waals surface area contributed by atoms with E-state index in [2.05, 4.69) is 31.3 Å². The van der Waals surface area contributed by atoms with Gasteiger partial charge in [0.25, 0.3) is 5.91 Å². The standard InChI is InChI=1S/C21H19N5OS/c27-20(24-14-6-8-22-9-7-14)21-26-18(12-28-21)16-11-23-19-15(16)10-17(25-19)13-4-2-1-3-5-13/h1-5,10-12,14,22H,6-9H2,(H,24,27)/p+1. The lowest BCUT2D eigenvalue weighted by Gasteiger charge is -2.23. The smallest absolute Gasteiger partial charge is 0.347 e. The highest BCUT2D eigenvalue weighted by atomic mass is 32.1. The molecule has 28 heavy (non-hydrogen) atoms. The molecule has 0 aliphatic carbocycles. The van der Waals surface area contributed by atoms with Crippen molar-refractivity contribution in [3.8, 4) is 11.3 Å². The minimum Gasteiger partial charge on any atom is -0.347 e. The van der Waals surface area contributed by atoms with Gasteiger partial charge in [0.05, 0.1) is 17.5 Å². The van der Waals surface area contributed by atoms with Gasteiger partial charge in [-0.3, -0.25) is 4.79 Å². The average Bonchev–Trinajstić information content (AvgIpc) is 3.45. The van der Waals surface area contributed by atoms with Crippen LogP contribution >= 0.6 is 11.3 Å². The topological polar surface area (TPSA) is 83.9 Å². The fraction of sp³-hybridized carbons (Fsp3) is 0.238. The Hall–Kier alpha value is -2.99. The van der Waals surface area contributed by atoms with Crippen LogP contribution in [0.25, 0.3) is 17.3 Å². The molecule has 1 saturated heterocycles. The normalized spacial score (nSPS) is 16.1. The zero-order valence-corrected chi connectivity index (χ0v) is 16.1. The highest BCUT2D eigenvalue weighted by Gasteiger charge is 2.22. The monoisotopic (exact) mass is 390 g/mol. The van der Waals surface area contributed by atoms with Crippen molar-refractivity contribution in [2.24, 2.45) is 0 Å². The molecule has 5 rings (SSSR count). The predicted octanol–water partition coefficient (Wildman–Crippen LogP) is 0.590. The number of carbonyl (C=O) groups is 1. The van der Waals surface area contributed by atoms with E-state index in [1.807, 2.05) is 41.9 Å². The molecular formula is C21H20N5OS+. The minimum absolute atomic E-state index is 0.0828. The molecule has 0 radical (unpaired) electrons. The van der Waals surface area contributed by atoms with Gasteiger partial charge >= 0.3 is 5.49 Å². The number of nitrogens with one attached hydrogen (secondary N) is 3. The summed E-state index contributed by atoms with van der Waals surface area (Å²) in [5.41, 5.74) is 4.63. The Morgan fingerprint density at radius 1 is 1.21 bits per heavy atom. The van der Waals surface area contributed by atoms with Crippen LogP contribution < -0.4 is 26.0 Å². The average molecular weight is 390 g/mol. The fourth-order valence-corrected chi connectivity index (χ4v) is 4.36. The van der Waals surface area contributed by atoms with E-state index in [0.717, 1.165) is 59.2 Å². The predicted molar refractivity (Wildman–Crippen MR) is 111 cm³/mol. The Bertz CT molecular complexity index is 1180. The number of piperidine rings is 1. The lowest BCUT2D eigenvalue weighted by Crippen LogP contribution is -2.42. The zero-order valence-electron chi connectivity index (χ0n) is 15.2. The Labute approximate surface area is 165 Å². The third kappa shape index (κ3) is 3.20.